The maximum absolute atomic E-state index is 13.5. The SMILES string of the molecule is Cc1ccc(NC(=O)NC2CN(C(=O)C3=CCCC=C3)C2)cc1F. The molecule has 2 aliphatic rings. The van der Waals surface area contributed by atoms with Gasteiger partial charge in [-0.15, -0.1) is 0 Å². The number of amides is 3. The summed E-state index contributed by atoms with van der Waals surface area (Å²) in [6.07, 6.45) is 7.66. The van der Waals surface area contributed by atoms with Crippen LogP contribution in [0, 0.1) is 12.7 Å². The number of nitrogens with zero attached hydrogens (tertiary/aromatic N) is 1. The third-order valence-electron chi connectivity index (χ3n) is 4.18. The number of aryl methyl sites for hydroxylation is 1. The van der Waals surface area contributed by atoms with Crippen LogP contribution in [0.4, 0.5) is 14.9 Å². The number of urea groups is 1. The highest BCUT2D eigenvalue weighted by Gasteiger charge is 2.32. The first-order chi connectivity index (χ1) is 11.5. The lowest BCUT2D eigenvalue weighted by molar-refractivity contribution is -0.131. The minimum Gasteiger partial charge on any atom is -0.334 e. The molecule has 2 N–H and O–H groups in total. The molecule has 0 spiro atoms. The van der Waals surface area contributed by atoms with Gasteiger partial charge in [0.2, 0.25) is 0 Å². The Kier molecular flexibility index (Phi) is 4.64. The maximum atomic E-state index is 13.5. The van der Waals surface area contributed by atoms with Gasteiger partial charge in [0.05, 0.1) is 6.04 Å². The maximum Gasteiger partial charge on any atom is 0.319 e. The molecule has 1 aliphatic heterocycles. The van der Waals surface area contributed by atoms with E-state index in [-0.39, 0.29) is 17.8 Å². The smallest absolute Gasteiger partial charge is 0.319 e. The van der Waals surface area contributed by atoms with Gasteiger partial charge in [-0.1, -0.05) is 24.3 Å². The zero-order valence-corrected chi connectivity index (χ0v) is 13.5. The monoisotopic (exact) mass is 329 g/mol. The van der Waals surface area contributed by atoms with Gasteiger partial charge in [-0.2, -0.15) is 0 Å². The topological polar surface area (TPSA) is 61.4 Å². The Labute approximate surface area is 140 Å². The summed E-state index contributed by atoms with van der Waals surface area (Å²) in [5.41, 5.74) is 1.65. The first-order valence-electron chi connectivity index (χ1n) is 8.02. The molecular weight excluding hydrogens is 309 g/mol. The van der Waals surface area contributed by atoms with Gasteiger partial charge < -0.3 is 15.5 Å². The Morgan fingerprint density at radius 2 is 2.04 bits per heavy atom. The predicted octanol–water partition coefficient (Wildman–Crippen LogP) is 2.74. The normalized spacial score (nSPS) is 17.1. The molecule has 3 rings (SSSR count). The summed E-state index contributed by atoms with van der Waals surface area (Å²) >= 11 is 0. The zero-order valence-electron chi connectivity index (χ0n) is 13.5. The number of allylic oxidation sites excluding steroid dienone is 2. The molecule has 1 aromatic carbocycles. The Morgan fingerprint density at radius 1 is 1.25 bits per heavy atom. The molecule has 1 fully saturated rings. The molecule has 1 aliphatic carbocycles. The quantitative estimate of drug-likeness (QED) is 0.896. The van der Waals surface area contributed by atoms with Crippen molar-refractivity contribution in [1.82, 2.24) is 10.2 Å². The van der Waals surface area contributed by atoms with Crippen LogP contribution in [0.5, 0.6) is 0 Å². The van der Waals surface area contributed by atoms with E-state index >= 15 is 0 Å². The summed E-state index contributed by atoms with van der Waals surface area (Å²) in [5, 5.41) is 5.38. The lowest BCUT2D eigenvalue weighted by Gasteiger charge is -2.39. The highest BCUT2D eigenvalue weighted by molar-refractivity contribution is 5.97. The van der Waals surface area contributed by atoms with E-state index < -0.39 is 6.03 Å². The van der Waals surface area contributed by atoms with E-state index in [1.807, 2.05) is 18.2 Å². The molecule has 1 heterocycles. The second kappa shape index (κ2) is 6.86. The van der Waals surface area contributed by atoms with E-state index in [4.69, 9.17) is 0 Å². The van der Waals surface area contributed by atoms with Crippen molar-refractivity contribution in [3.63, 3.8) is 0 Å². The first kappa shape index (κ1) is 16.2. The van der Waals surface area contributed by atoms with Gasteiger partial charge >= 0.3 is 6.03 Å². The summed E-state index contributed by atoms with van der Waals surface area (Å²) in [4.78, 5) is 25.8. The fourth-order valence-corrected chi connectivity index (χ4v) is 2.71. The van der Waals surface area contributed by atoms with Crippen LogP contribution in [-0.2, 0) is 4.79 Å². The van der Waals surface area contributed by atoms with Gasteiger partial charge in [0.1, 0.15) is 5.82 Å². The minimum absolute atomic E-state index is 0.00464. The lowest BCUT2D eigenvalue weighted by Crippen LogP contribution is -2.61. The molecule has 0 radical (unpaired) electrons. The van der Waals surface area contributed by atoms with Gasteiger partial charge in [-0.25, -0.2) is 9.18 Å². The van der Waals surface area contributed by atoms with Crippen LogP contribution in [-0.4, -0.2) is 36.0 Å². The van der Waals surface area contributed by atoms with Crippen LogP contribution in [0.1, 0.15) is 18.4 Å². The van der Waals surface area contributed by atoms with Gasteiger partial charge in [0.25, 0.3) is 5.91 Å². The highest BCUT2D eigenvalue weighted by Crippen LogP contribution is 2.18. The molecule has 0 bridgehead atoms. The van der Waals surface area contributed by atoms with Crippen molar-refractivity contribution in [2.75, 3.05) is 18.4 Å². The number of carbonyl (C=O) groups is 2. The lowest BCUT2D eigenvalue weighted by atomic mass is 10.0. The number of carbonyl (C=O) groups excluding carboxylic acids is 2. The van der Waals surface area contributed by atoms with E-state index in [0.717, 1.165) is 18.4 Å². The molecule has 0 unspecified atom stereocenters. The number of benzene rings is 1. The molecule has 3 amide bonds. The van der Waals surface area contributed by atoms with E-state index in [1.54, 1.807) is 24.0 Å². The number of rotatable bonds is 3. The third kappa shape index (κ3) is 3.64. The second-order valence-electron chi connectivity index (χ2n) is 6.11. The molecule has 5 nitrogen and oxygen atoms in total. The Balaban J connectivity index is 1.46. The third-order valence-corrected chi connectivity index (χ3v) is 4.18. The molecule has 1 saturated heterocycles. The van der Waals surface area contributed by atoms with Gasteiger partial charge in [0, 0.05) is 24.4 Å². The molecule has 6 heteroatoms. The standard InChI is InChI=1S/C18H20FN3O2/c1-12-7-8-14(9-16(12)19)20-18(24)21-15-10-22(11-15)17(23)13-5-3-2-4-6-13/h3,5-9,15H,2,4,10-11H2,1H3,(H2,20,21,24). The predicted molar refractivity (Wildman–Crippen MR) is 90.1 cm³/mol. The van der Waals surface area contributed by atoms with E-state index in [2.05, 4.69) is 10.6 Å². The van der Waals surface area contributed by atoms with Crippen molar-refractivity contribution in [3.8, 4) is 0 Å². The highest BCUT2D eigenvalue weighted by atomic mass is 19.1. The van der Waals surface area contributed by atoms with Crippen LogP contribution in [0.15, 0.2) is 42.0 Å². The fourth-order valence-electron chi connectivity index (χ4n) is 2.71. The van der Waals surface area contributed by atoms with Crippen LogP contribution in [0.2, 0.25) is 0 Å². The Morgan fingerprint density at radius 3 is 2.71 bits per heavy atom. The van der Waals surface area contributed by atoms with E-state index in [0.29, 0.717) is 24.3 Å². The summed E-state index contributed by atoms with van der Waals surface area (Å²) in [7, 11) is 0. The number of halogens is 1. The Bertz CT molecular complexity index is 721. The molecule has 0 atom stereocenters. The van der Waals surface area contributed by atoms with E-state index in [1.165, 1.54) is 6.07 Å². The van der Waals surface area contributed by atoms with Gasteiger partial charge in [-0.05, 0) is 37.5 Å². The summed E-state index contributed by atoms with van der Waals surface area (Å²) < 4.78 is 13.5. The molecular formula is C18H20FN3O2. The Hall–Kier alpha value is -2.63. The van der Waals surface area contributed by atoms with Crippen molar-refractivity contribution in [2.24, 2.45) is 0 Å². The molecule has 1 aromatic rings. The van der Waals surface area contributed by atoms with Crippen LogP contribution < -0.4 is 10.6 Å². The summed E-state index contributed by atoms with van der Waals surface area (Å²) in [6.45, 7) is 2.63. The number of likely N-dealkylation sites (tertiary alicyclic amines) is 1. The molecule has 24 heavy (non-hydrogen) atoms. The number of hydrogen-bond donors (Lipinski definition) is 2. The molecule has 0 saturated carbocycles. The fraction of sp³-hybridized carbons (Fsp3) is 0.333. The van der Waals surface area contributed by atoms with Crippen molar-refractivity contribution < 1.29 is 14.0 Å². The van der Waals surface area contributed by atoms with Crippen molar-refractivity contribution in [2.45, 2.75) is 25.8 Å². The number of hydrogen-bond acceptors (Lipinski definition) is 2. The average molecular weight is 329 g/mol. The van der Waals surface area contributed by atoms with Crippen LogP contribution in [0.25, 0.3) is 0 Å². The van der Waals surface area contributed by atoms with Crippen molar-refractivity contribution >= 4 is 17.6 Å². The average Bonchev–Trinajstić information content (AvgIpc) is 2.54. The number of anilines is 1. The molecule has 0 aromatic heterocycles. The van der Waals surface area contributed by atoms with Crippen LogP contribution >= 0.6 is 0 Å². The van der Waals surface area contributed by atoms with Gasteiger partial charge in [0.15, 0.2) is 0 Å². The van der Waals surface area contributed by atoms with E-state index in [9.17, 15) is 14.0 Å². The summed E-state index contributed by atoms with van der Waals surface area (Å²) in [5.74, 6) is -0.355. The second-order valence-corrected chi connectivity index (χ2v) is 6.11. The zero-order chi connectivity index (χ0) is 17.1. The van der Waals surface area contributed by atoms with Crippen molar-refractivity contribution in [3.05, 3.63) is 53.4 Å². The first-order valence-corrected chi connectivity index (χ1v) is 8.02. The minimum atomic E-state index is -0.396. The van der Waals surface area contributed by atoms with Gasteiger partial charge in [-0.3, -0.25) is 4.79 Å². The van der Waals surface area contributed by atoms with Crippen LogP contribution in [0.3, 0.4) is 0 Å². The number of nitrogens with one attached hydrogen (secondary N) is 2. The van der Waals surface area contributed by atoms with Crippen molar-refractivity contribution in [1.29, 1.82) is 0 Å². The largest absolute Gasteiger partial charge is 0.334 e. The molecule has 126 valence electrons. The summed E-state index contributed by atoms with van der Waals surface area (Å²) in [6, 6.07) is 4.06.